The van der Waals surface area contributed by atoms with Crippen LogP contribution >= 0.6 is 0 Å². The first-order valence-electron chi connectivity index (χ1n) is 18.5. The quantitative estimate of drug-likeness (QED) is 0.180. The molecule has 0 saturated carbocycles. The molecule has 0 fully saturated rings. The Kier molecular flexibility index (Phi) is 6.45. The molecule has 0 radical (unpaired) electrons. The molecule has 0 atom stereocenters. The van der Waals surface area contributed by atoms with E-state index < -0.39 is 0 Å². The van der Waals surface area contributed by atoms with Gasteiger partial charge in [-0.25, -0.2) is 0 Å². The number of anilines is 3. The highest BCUT2D eigenvalue weighted by Gasteiger charge is 2.51. The maximum atomic E-state index is 2.47. The van der Waals surface area contributed by atoms with Crippen molar-refractivity contribution in [2.75, 3.05) is 4.90 Å². The molecule has 0 bridgehead atoms. The zero-order chi connectivity index (χ0) is 35.1. The van der Waals surface area contributed by atoms with Gasteiger partial charge in [0.25, 0.3) is 0 Å². The number of nitrogens with zero attached hydrogens (tertiary/aromatic N) is 1. The summed E-state index contributed by atoms with van der Waals surface area (Å²) < 4.78 is 0. The zero-order valence-corrected chi connectivity index (χ0v) is 29.4. The fourth-order valence-corrected chi connectivity index (χ4v) is 9.44. The molecule has 9 aromatic rings. The summed E-state index contributed by atoms with van der Waals surface area (Å²) in [6.45, 7) is 2.16. The molecule has 9 aromatic carbocycles. The Morgan fingerprint density at radius 1 is 0.377 bits per heavy atom. The van der Waals surface area contributed by atoms with Crippen LogP contribution in [0.25, 0.3) is 54.9 Å². The van der Waals surface area contributed by atoms with Crippen LogP contribution < -0.4 is 4.90 Å². The first-order chi connectivity index (χ1) is 26.2. The molecular formula is C52H35N. The van der Waals surface area contributed by atoms with Gasteiger partial charge in [0.05, 0.1) is 11.1 Å². The Hall–Kier alpha value is -6.70. The van der Waals surface area contributed by atoms with Crippen LogP contribution in [0.4, 0.5) is 17.1 Å². The van der Waals surface area contributed by atoms with Crippen LogP contribution in [0.5, 0.6) is 0 Å². The summed E-state index contributed by atoms with van der Waals surface area (Å²) in [5, 5.41) is 4.95. The summed E-state index contributed by atoms with van der Waals surface area (Å²) >= 11 is 0. The van der Waals surface area contributed by atoms with Crippen molar-refractivity contribution in [3.63, 3.8) is 0 Å². The average Bonchev–Trinajstić information content (AvgIpc) is 3.68. The number of aryl methyl sites for hydroxylation is 1. The van der Waals surface area contributed by atoms with E-state index in [1.54, 1.807) is 0 Å². The van der Waals surface area contributed by atoms with Gasteiger partial charge in [0.2, 0.25) is 0 Å². The van der Waals surface area contributed by atoms with Crippen molar-refractivity contribution >= 4 is 38.6 Å². The third-order valence-corrected chi connectivity index (χ3v) is 11.7. The minimum Gasteiger partial charge on any atom is -0.310 e. The first kappa shape index (κ1) is 30.0. The van der Waals surface area contributed by atoms with E-state index in [0.717, 1.165) is 17.1 Å². The summed E-state index contributed by atoms with van der Waals surface area (Å²) in [7, 11) is 0. The lowest BCUT2D eigenvalue weighted by Gasteiger charge is -2.32. The van der Waals surface area contributed by atoms with Crippen LogP contribution in [-0.4, -0.2) is 0 Å². The fourth-order valence-electron chi connectivity index (χ4n) is 9.44. The van der Waals surface area contributed by atoms with Gasteiger partial charge >= 0.3 is 0 Å². The van der Waals surface area contributed by atoms with Crippen molar-refractivity contribution in [3.05, 3.63) is 222 Å². The maximum Gasteiger partial charge on any atom is 0.0725 e. The molecule has 248 valence electrons. The number of hydrogen-bond acceptors (Lipinski definition) is 1. The summed E-state index contributed by atoms with van der Waals surface area (Å²) in [4.78, 5) is 2.47. The van der Waals surface area contributed by atoms with Crippen molar-refractivity contribution in [2.45, 2.75) is 12.3 Å². The van der Waals surface area contributed by atoms with E-state index in [2.05, 4.69) is 206 Å². The zero-order valence-electron chi connectivity index (χ0n) is 29.4. The van der Waals surface area contributed by atoms with Crippen LogP contribution in [0.15, 0.2) is 194 Å². The van der Waals surface area contributed by atoms with Gasteiger partial charge in [-0.2, -0.15) is 0 Å². The maximum absolute atomic E-state index is 2.47. The number of benzene rings is 9. The van der Waals surface area contributed by atoms with E-state index in [1.807, 2.05) is 0 Å². The molecule has 0 heterocycles. The molecule has 1 nitrogen and oxygen atoms in total. The Morgan fingerprint density at radius 2 is 0.906 bits per heavy atom. The van der Waals surface area contributed by atoms with E-state index in [-0.39, 0.29) is 5.41 Å². The van der Waals surface area contributed by atoms with Gasteiger partial charge in [0.15, 0.2) is 0 Å². The SMILES string of the molecule is Cc1ccc(N(c2ccc3c(c2)-c2ccccc2C32c3ccccc3-c3ccccc32)c2ccc3ccccc3c2-c2ccc3ccccc3c2)cc1. The van der Waals surface area contributed by atoms with Crippen LogP contribution in [-0.2, 0) is 5.41 Å². The molecule has 1 heteroatoms. The van der Waals surface area contributed by atoms with Crippen molar-refractivity contribution in [1.29, 1.82) is 0 Å². The molecule has 0 unspecified atom stereocenters. The summed E-state index contributed by atoms with van der Waals surface area (Å²) in [5.41, 5.74) is 17.4. The minimum absolute atomic E-state index is 0.370. The molecule has 53 heavy (non-hydrogen) atoms. The summed E-state index contributed by atoms with van der Waals surface area (Å²) in [6.07, 6.45) is 0. The molecule has 0 N–H and O–H groups in total. The molecule has 0 amide bonds. The average molecular weight is 674 g/mol. The molecular weight excluding hydrogens is 639 g/mol. The minimum atomic E-state index is -0.370. The van der Waals surface area contributed by atoms with Gasteiger partial charge in [0, 0.05) is 16.9 Å². The van der Waals surface area contributed by atoms with E-state index in [1.165, 1.54) is 82.7 Å². The van der Waals surface area contributed by atoms with Crippen LogP contribution in [0.2, 0.25) is 0 Å². The van der Waals surface area contributed by atoms with Crippen LogP contribution in [0.1, 0.15) is 27.8 Å². The van der Waals surface area contributed by atoms with E-state index in [4.69, 9.17) is 0 Å². The topological polar surface area (TPSA) is 3.24 Å². The third-order valence-electron chi connectivity index (χ3n) is 11.7. The van der Waals surface area contributed by atoms with E-state index in [9.17, 15) is 0 Å². The standard InChI is InChI=1S/C52H35N/c1-34-22-27-39(28-23-34)53(50-31-26-36-13-4-5-15-41(36)51(50)38-25-24-35-12-2-3-14-37(35)32-38)40-29-30-49-45(33-40)44-18-8-11-21-48(44)52(49)46-19-9-6-16-42(46)43-17-7-10-20-47(43)52/h2-33H,1H3. The predicted octanol–water partition coefficient (Wildman–Crippen LogP) is 13.8. The molecule has 0 aliphatic heterocycles. The van der Waals surface area contributed by atoms with Crippen molar-refractivity contribution in [2.24, 2.45) is 0 Å². The van der Waals surface area contributed by atoms with E-state index in [0.29, 0.717) is 0 Å². The highest BCUT2D eigenvalue weighted by atomic mass is 15.1. The Bertz CT molecular complexity index is 2870. The number of rotatable bonds is 4. The lowest BCUT2D eigenvalue weighted by atomic mass is 9.70. The highest BCUT2D eigenvalue weighted by Crippen LogP contribution is 2.63. The first-order valence-corrected chi connectivity index (χ1v) is 18.5. The smallest absolute Gasteiger partial charge is 0.0725 e. The second-order valence-corrected chi connectivity index (χ2v) is 14.5. The van der Waals surface area contributed by atoms with Gasteiger partial charge in [-0.05, 0) is 115 Å². The number of hydrogen-bond donors (Lipinski definition) is 0. The van der Waals surface area contributed by atoms with Crippen molar-refractivity contribution in [1.82, 2.24) is 0 Å². The van der Waals surface area contributed by atoms with Crippen LogP contribution in [0, 0.1) is 6.92 Å². The molecule has 2 aliphatic carbocycles. The normalized spacial score (nSPS) is 13.2. The fraction of sp³-hybridized carbons (Fsp3) is 0.0385. The lowest BCUT2D eigenvalue weighted by molar-refractivity contribution is 0.794. The highest BCUT2D eigenvalue weighted by molar-refractivity contribution is 6.07. The van der Waals surface area contributed by atoms with Crippen molar-refractivity contribution in [3.8, 4) is 33.4 Å². The molecule has 0 saturated heterocycles. The van der Waals surface area contributed by atoms with E-state index >= 15 is 0 Å². The lowest BCUT2D eigenvalue weighted by Crippen LogP contribution is -2.25. The third kappa shape index (κ3) is 4.25. The van der Waals surface area contributed by atoms with Gasteiger partial charge in [-0.15, -0.1) is 0 Å². The van der Waals surface area contributed by atoms with Gasteiger partial charge in [-0.1, -0.05) is 163 Å². The number of fused-ring (bicyclic) bond motifs is 12. The van der Waals surface area contributed by atoms with Crippen LogP contribution in [0.3, 0.4) is 0 Å². The molecule has 0 aromatic heterocycles. The Labute approximate surface area is 310 Å². The summed E-state index contributed by atoms with van der Waals surface area (Å²) in [5.74, 6) is 0. The predicted molar refractivity (Wildman–Crippen MR) is 223 cm³/mol. The molecule has 2 aliphatic rings. The molecule has 1 spiro atoms. The largest absolute Gasteiger partial charge is 0.310 e. The second kappa shape index (κ2) is 11.4. The summed E-state index contributed by atoms with van der Waals surface area (Å²) in [6, 6.07) is 72.3. The second-order valence-electron chi connectivity index (χ2n) is 14.5. The Balaban J connectivity index is 1.19. The van der Waals surface area contributed by atoms with Gasteiger partial charge in [-0.3, -0.25) is 0 Å². The van der Waals surface area contributed by atoms with Gasteiger partial charge in [0.1, 0.15) is 0 Å². The molecule has 11 rings (SSSR count). The van der Waals surface area contributed by atoms with Gasteiger partial charge < -0.3 is 4.90 Å². The van der Waals surface area contributed by atoms with Crippen molar-refractivity contribution < 1.29 is 0 Å². The monoisotopic (exact) mass is 673 g/mol. The Morgan fingerprint density at radius 3 is 1.60 bits per heavy atom.